The monoisotopic (exact) mass is 563 g/mol. The number of carbonyl (C=O) groups is 1. The minimum absolute atomic E-state index is 0.181. The number of thiazole rings is 1. The maximum absolute atomic E-state index is 13.4. The van der Waals surface area contributed by atoms with Gasteiger partial charge in [0, 0.05) is 27.9 Å². The Kier molecular flexibility index (Phi) is 7.20. The molecule has 5 rings (SSSR count). The molecule has 0 aliphatic rings. The van der Waals surface area contributed by atoms with E-state index in [-0.39, 0.29) is 17.3 Å². The average Bonchev–Trinajstić information content (AvgIpc) is 3.55. The lowest BCUT2D eigenvalue weighted by molar-refractivity contribution is 0.103. The van der Waals surface area contributed by atoms with Gasteiger partial charge >= 0.3 is 0 Å². The molecule has 194 valence electrons. The number of sulfonamides is 1. The Morgan fingerprint density at radius 2 is 1.84 bits per heavy atom. The number of ether oxygens (including phenoxy) is 1. The first kappa shape index (κ1) is 25.9. The van der Waals surface area contributed by atoms with Crippen LogP contribution in [0.5, 0.6) is 5.75 Å². The highest BCUT2D eigenvalue weighted by Crippen LogP contribution is 2.33. The van der Waals surface area contributed by atoms with Crippen LogP contribution in [0.1, 0.15) is 21.6 Å². The van der Waals surface area contributed by atoms with Crippen molar-refractivity contribution in [1.29, 1.82) is 0 Å². The van der Waals surface area contributed by atoms with Gasteiger partial charge in [-0.25, -0.2) is 13.4 Å². The molecule has 0 fully saturated rings. The van der Waals surface area contributed by atoms with Gasteiger partial charge in [-0.15, -0.1) is 22.7 Å². The average molecular weight is 564 g/mol. The van der Waals surface area contributed by atoms with E-state index in [2.05, 4.69) is 10.3 Å². The van der Waals surface area contributed by atoms with Crippen molar-refractivity contribution < 1.29 is 17.9 Å². The summed E-state index contributed by atoms with van der Waals surface area (Å²) in [5.74, 6) is 0.361. The van der Waals surface area contributed by atoms with Crippen molar-refractivity contribution in [2.45, 2.75) is 18.7 Å². The Labute approximate surface area is 229 Å². The van der Waals surface area contributed by atoms with E-state index in [1.807, 2.05) is 42.6 Å². The zero-order valence-corrected chi connectivity index (χ0v) is 23.4. The SMILES string of the molecule is CCN(c1ccc2sc(C(=O)Nc3cccc(-c4csc(C)n4)c3)cc2c1)S(=O)(=O)c1ccc(OC)cc1. The van der Waals surface area contributed by atoms with Crippen molar-refractivity contribution in [3.05, 3.63) is 88.1 Å². The van der Waals surface area contributed by atoms with Crippen molar-refractivity contribution in [2.75, 3.05) is 23.3 Å². The number of amides is 1. The number of benzene rings is 3. The number of fused-ring (bicyclic) bond motifs is 1. The van der Waals surface area contributed by atoms with Gasteiger partial charge in [-0.2, -0.15) is 0 Å². The molecule has 0 unspecified atom stereocenters. The molecule has 38 heavy (non-hydrogen) atoms. The molecule has 0 radical (unpaired) electrons. The molecule has 0 aliphatic carbocycles. The van der Waals surface area contributed by atoms with Crippen LogP contribution in [0.15, 0.2) is 83.1 Å². The number of carbonyl (C=O) groups excluding carboxylic acids is 1. The Morgan fingerprint density at radius 1 is 1.05 bits per heavy atom. The van der Waals surface area contributed by atoms with Crippen LogP contribution in [0.4, 0.5) is 11.4 Å². The second kappa shape index (κ2) is 10.6. The number of methoxy groups -OCH3 is 1. The van der Waals surface area contributed by atoms with Gasteiger partial charge < -0.3 is 10.1 Å². The zero-order chi connectivity index (χ0) is 26.9. The molecular weight excluding hydrogens is 539 g/mol. The first-order valence-electron chi connectivity index (χ1n) is 11.8. The summed E-state index contributed by atoms with van der Waals surface area (Å²) in [6.07, 6.45) is 0. The predicted octanol–water partition coefficient (Wildman–Crippen LogP) is 6.81. The van der Waals surface area contributed by atoms with Crippen LogP contribution in [0.25, 0.3) is 21.3 Å². The number of aromatic nitrogens is 1. The van der Waals surface area contributed by atoms with Crippen LogP contribution in [0.3, 0.4) is 0 Å². The van der Waals surface area contributed by atoms with Crippen molar-refractivity contribution in [3.8, 4) is 17.0 Å². The molecular formula is C28H25N3O4S3. The second-order valence-electron chi connectivity index (χ2n) is 8.46. The lowest BCUT2D eigenvalue weighted by atomic mass is 10.1. The third kappa shape index (κ3) is 5.15. The standard InChI is InChI=1S/C28H25N3O4S3/c1-4-31(38(33,34)24-11-9-23(35-3)10-12-24)22-8-13-26-20(15-22)16-27(37-26)28(32)30-21-7-5-6-19(14-21)25-17-36-18(2)29-25/h5-17H,4H2,1-3H3,(H,30,32). The minimum atomic E-state index is -3.78. The summed E-state index contributed by atoms with van der Waals surface area (Å²) >= 11 is 2.94. The fourth-order valence-electron chi connectivity index (χ4n) is 4.11. The summed E-state index contributed by atoms with van der Waals surface area (Å²) in [7, 11) is -2.24. The predicted molar refractivity (Wildman–Crippen MR) is 155 cm³/mol. The maximum atomic E-state index is 13.4. The molecule has 3 aromatic carbocycles. The van der Waals surface area contributed by atoms with E-state index < -0.39 is 10.0 Å². The molecule has 0 atom stereocenters. The fraction of sp³-hybridized carbons (Fsp3) is 0.143. The van der Waals surface area contributed by atoms with Gasteiger partial charge in [-0.05, 0) is 79.9 Å². The number of nitrogens with zero attached hydrogens (tertiary/aromatic N) is 2. The van der Waals surface area contributed by atoms with E-state index in [0.29, 0.717) is 22.0 Å². The molecule has 0 saturated heterocycles. The normalized spacial score (nSPS) is 11.4. The van der Waals surface area contributed by atoms with Crippen LogP contribution < -0.4 is 14.4 Å². The molecule has 2 aromatic heterocycles. The Morgan fingerprint density at radius 3 is 2.53 bits per heavy atom. The molecule has 1 amide bonds. The van der Waals surface area contributed by atoms with E-state index in [1.54, 1.807) is 48.6 Å². The minimum Gasteiger partial charge on any atom is -0.497 e. The Hall–Kier alpha value is -3.73. The van der Waals surface area contributed by atoms with Gasteiger partial charge in [-0.1, -0.05) is 12.1 Å². The van der Waals surface area contributed by atoms with E-state index in [4.69, 9.17) is 4.74 Å². The number of anilines is 2. The molecule has 2 heterocycles. The fourth-order valence-corrected chi connectivity index (χ4v) is 7.13. The maximum Gasteiger partial charge on any atom is 0.265 e. The second-order valence-corrected chi connectivity index (χ2v) is 12.5. The molecule has 7 nitrogen and oxygen atoms in total. The number of rotatable bonds is 8. The first-order chi connectivity index (χ1) is 18.3. The van der Waals surface area contributed by atoms with E-state index in [1.165, 1.54) is 34.9 Å². The van der Waals surface area contributed by atoms with Gasteiger partial charge in [0.1, 0.15) is 5.75 Å². The third-order valence-corrected chi connectivity index (χ3v) is 9.79. The van der Waals surface area contributed by atoms with E-state index >= 15 is 0 Å². The summed E-state index contributed by atoms with van der Waals surface area (Å²) in [5, 5.41) is 6.75. The third-order valence-electron chi connectivity index (χ3n) is 5.98. The summed E-state index contributed by atoms with van der Waals surface area (Å²) in [4.78, 5) is 18.3. The number of thiophene rings is 1. The quantitative estimate of drug-likeness (QED) is 0.224. The van der Waals surface area contributed by atoms with E-state index in [9.17, 15) is 13.2 Å². The molecule has 0 aliphatic heterocycles. The lowest BCUT2D eigenvalue weighted by Gasteiger charge is -2.23. The highest BCUT2D eigenvalue weighted by atomic mass is 32.2. The van der Waals surface area contributed by atoms with Crippen LogP contribution in [0.2, 0.25) is 0 Å². The molecule has 0 bridgehead atoms. The van der Waals surface area contributed by atoms with Gasteiger partial charge in [-0.3, -0.25) is 9.10 Å². The summed E-state index contributed by atoms with van der Waals surface area (Å²) in [6.45, 7) is 4.01. The lowest BCUT2D eigenvalue weighted by Crippen LogP contribution is -2.30. The summed E-state index contributed by atoms with van der Waals surface area (Å²) < 4.78 is 34.1. The summed E-state index contributed by atoms with van der Waals surface area (Å²) in [6, 6.07) is 21.1. The van der Waals surface area contributed by atoms with Crippen LogP contribution in [-0.4, -0.2) is 33.0 Å². The van der Waals surface area contributed by atoms with Crippen molar-refractivity contribution in [2.24, 2.45) is 0 Å². The van der Waals surface area contributed by atoms with Crippen molar-refractivity contribution in [1.82, 2.24) is 4.98 Å². The zero-order valence-electron chi connectivity index (χ0n) is 21.0. The molecule has 10 heteroatoms. The van der Waals surface area contributed by atoms with Gasteiger partial charge in [0.15, 0.2) is 0 Å². The number of hydrogen-bond donors (Lipinski definition) is 1. The Balaban J connectivity index is 1.39. The Bertz CT molecular complexity index is 1720. The molecule has 1 N–H and O–H groups in total. The molecule has 0 spiro atoms. The van der Waals surface area contributed by atoms with E-state index in [0.717, 1.165) is 26.4 Å². The van der Waals surface area contributed by atoms with Gasteiger partial charge in [0.2, 0.25) is 0 Å². The number of aryl methyl sites for hydroxylation is 1. The molecule has 0 saturated carbocycles. The van der Waals surface area contributed by atoms with Gasteiger partial charge in [0.05, 0.1) is 33.3 Å². The molecule has 5 aromatic rings. The largest absolute Gasteiger partial charge is 0.497 e. The number of nitrogens with one attached hydrogen (secondary N) is 1. The van der Waals surface area contributed by atoms with Crippen LogP contribution in [0, 0.1) is 6.92 Å². The van der Waals surface area contributed by atoms with Crippen molar-refractivity contribution >= 4 is 60.1 Å². The van der Waals surface area contributed by atoms with Gasteiger partial charge in [0.25, 0.3) is 15.9 Å². The highest BCUT2D eigenvalue weighted by Gasteiger charge is 2.24. The highest BCUT2D eigenvalue weighted by molar-refractivity contribution is 7.92. The van der Waals surface area contributed by atoms with Crippen LogP contribution >= 0.6 is 22.7 Å². The smallest absolute Gasteiger partial charge is 0.265 e. The number of hydrogen-bond acceptors (Lipinski definition) is 7. The topological polar surface area (TPSA) is 88.6 Å². The first-order valence-corrected chi connectivity index (χ1v) is 15.0. The summed E-state index contributed by atoms with van der Waals surface area (Å²) in [5.41, 5.74) is 3.03. The van der Waals surface area contributed by atoms with Crippen LogP contribution in [-0.2, 0) is 10.0 Å². The van der Waals surface area contributed by atoms with Crippen molar-refractivity contribution in [3.63, 3.8) is 0 Å².